The van der Waals surface area contributed by atoms with Gasteiger partial charge >= 0.3 is 0 Å². The molecule has 0 atom stereocenters. The third-order valence-corrected chi connectivity index (χ3v) is 1.99. The van der Waals surface area contributed by atoms with Crippen LogP contribution >= 0.6 is 0 Å². The van der Waals surface area contributed by atoms with Crippen molar-refractivity contribution in [2.75, 3.05) is 5.73 Å². The number of anilines is 1. The minimum absolute atomic E-state index is 0.304. The summed E-state index contributed by atoms with van der Waals surface area (Å²) in [6.45, 7) is 0. The lowest BCUT2D eigenvalue weighted by atomic mass is 10.1. The molecule has 2 aromatic rings. The Morgan fingerprint density at radius 3 is 2.31 bits per heavy atom. The van der Waals surface area contributed by atoms with E-state index >= 15 is 0 Å². The minimum atomic E-state index is 0.304. The zero-order valence-electron chi connectivity index (χ0n) is 6.90. The van der Waals surface area contributed by atoms with E-state index in [-0.39, 0.29) is 0 Å². The van der Waals surface area contributed by atoms with E-state index in [4.69, 9.17) is 5.73 Å². The Morgan fingerprint density at radius 2 is 1.69 bits per heavy atom. The Balaban J connectivity index is 2.81. The van der Waals surface area contributed by atoms with Gasteiger partial charge in [-0.05, 0) is 28.1 Å². The Kier molecular flexibility index (Phi) is 1.70. The average Bonchev–Trinajstić information content (AvgIpc) is 2.17. The van der Waals surface area contributed by atoms with Crippen molar-refractivity contribution in [2.24, 2.45) is 5.18 Å². The topological polar surface area (TPSA) is 55.4 Å². The maximum Gasteiger partial charge on any atom is 0.131 e. The molecule has 0 aliphatic heterocycles. The fourth-order valence-corrected chi connectivity index (χ4v) is 1.32. The molecule has 0 bridgehead atoms. The largest absolute Gasteiger partial charge is 0.397 e. The van der Waals surface area contributed by atoms with Gasteiger partial charge in [-0.1, -0.05) is 24.3 Å². The average molecular weight is 172 g/mol. The van der Waals surface area contributed by atoms with E-state index in [1.54, 1.807) is 12.1 Å². The van der Waals surface area contributed by atoms with Crippen molar-refractivity contribution in [2.45, 2.75) is 0 Å². The van der Waals surface area contributed by atoms with Gasteiger partial charge in [0.1, 0.15) is 5.69 Å². The van der Waals surface area contributed by atoms with Crippen LogP contribution in [0.1, 0.15) is 0 Å². The fourth-order valence-electron chi connectivity index (χ4n) is 1.32. The summed E-state index contributed by atoms with van der Waals surface area (Å²) in [6, 6.07) is 11.1. The molecule has 0 saturated heterocycles. The number of nitrogens with two attached hydrogens (primary N) is 1. The van der Waals surface area contributed by atoms with Crippen LogP contribution in [0.4, 0.5) is 11.4 Å². The molecule has 0 unspecified atom stereocenters. The molecule has 64 valence electrons. The molecule has 0 aliphatic rings. The van der Waals surface area contributed by atoms with Crippen molar-refractivity contribution >= 4 is 22.1 Å². The molecule has 0 saturated carbocycles. The van der Waals surface area contributed by atoms with Crippen LogP contribution < -0.4 is 5.73 Å². The highest BCUT2D eigenvalue weighted by molar-refractivity contribution is 5.90. The van der Waals surface area contributed by atoms with E-state index in [1.807, 2.05) is 24.3 Å². The van der Waals surface area contributed by atoms with Crippen molar-refractivity contribution in [3.05, 3.63) is 41.3 Å². The normalized spacial score (nSPS) is 10.2. The first-order valence-corrected chi connectivity index (χ1v) is 3.93. The third-order valence-electron chi connectivity index (χ3n) is 1.99. The maximum atomic E-state index is 10.3. The van der Waals surface area contributed by atoms with E-state index in [0.29, 0.717) is 11.4 Å². The minimum Gasteiger partial charge on any atom is -0.397 e. The smallest absolute Gasteiger partial charge is 0.131 e. The standard InChI is InChI=1S/C10H8N2O/c11-9-5-7-3-1-2-4-8(7)6-10(9)12-13/h1-6H,11H2. The highest BCUT2D eigenvalue weighted by atomic mass is 16.3. The number of hydrogen-bond donors (Lipinski definition) is 1. The second-order valence-corrected chi connectivity index (χ2v) is 2.85. The van der Waals surface area contributed by atoms with Gasteiger partial charge in [0, 0.05) is 0 Å². The summed E-state index contributed by atoms with van der Waals surface area (Å²) >= 11 is 0. The lowest BCUT2D eigenvalue weighted by molar-refractivity contribution is 1.52. The van der Waals surface area contributed by atoms with Gasteiger partial charge in [-0.15, -0.1) is 4.91 Å². The molecule has 2 N–H and O–H groups in total. The summed E-state index contributed by atoms with van der Waals surface area (Å²) in [5, 5.41) is 4.84. The first-order valence-electron chi connectivity index (χ1n) is 3.93. The molecule has 2 aromatic carbocycles. The Bertz CT molecular complexity index is 465. The van der Waals surface area contributed by atoms with Crippen molar-refractivity contribution < 1.29 is 0 Å². The molecular weight excluding hydrogens is 164 g/mol. The lowest BCUT2D eigenvalue weighted by Gasteiger charge is -2.00. The number of nitrogen functional groups attached to an aromatic ring is 1. The first kappa shape index (κ1) is 7.73. The molecule has 0 amide bonds. The summed E-state index contributed by atoms with van der Waals surface area (Å²) in [5.41, 5.74) is 6.33. The van der Waals surface area contributed by atoms with Crippen molar-refractivity contribution in [3.63, 3.8) is 0 Å². The van der Waals surface area contributed by atoms with Gasteiger partial charge in [0.15, 0.2) is 0 Å². The van der Waals surface area contributed by atoms with Crippen LogP contribution in [-0.2, 0) is 0 Å². The number of hydrogen-bond acceptors (Lipinski definition) is 3. The van der Waals surface area contributed by atoms with Gasteiger partial charge in [-0.2, -0.15) is 0 Å². The van der Waals surface area contributed by atoms with E-state index in [1.165, 1.54) is 0 Å². The number of nitroso groups, excluding NO2 is 1. The molecule has 0 heterocycles. The summed E-state index contributed by atoms with van der Waals surface area (Å²) in [5.74, 6) is 0. The fraction of sp³-hybridized carbons (Fsp3) is 0. The van der Waals surface area contributed by atoms with E-state index in [2.05, 4.69) is 5.18 Å². The van der Waals surface area contributed by atoms with Gasteiger partial charge in [0.2, 0.25) is 0 Å². The van der Waals surface area contributed by atoms with Crippen LogP contribution in [0.5, 0.6) is 0 Å². The first-order chi connectivity index (χ1) is 6.31. The van der Waals surface area contributed by atoms with Gasteiger partial charge in [0.05, 0.1) is 5.69 Å². The molecule has 2 rings (SSSR count). The number of nitrogens with zero attached hydrogens (tertiary/aromatic N) is 1. The number of fused-ring (bicyclic) bond motifs is 1. The Labute approximate surface area is 75.1 Å². The molecular formula is C10H8N2O. The van der Waals surface area contributed by atoms with Crippen LogP contribution in [0.25, 0.3) is 10.8 Å². The second-order valence-electron chi connectivity index (χ2n) is 2.85. The quantitative estimate of drug-likeness (QED) is 0.531. The van der Waals surface area contributed by atoms with Crippen LogP contribution in [0.2, 0.25) is 0 Å². The summed E-state index contributed by atoms with van der Waals surface area (Å²) < 4.78 is 0. The van der Waals surface area contributed by atoms with Crippen LogP contribution in [0.3, 0.4) is 0 Å². The molecule has 3 nitrogen and oxygen atoms in total. The predicted octanol–water partition coefficient (Wildman–Crippen LogP) is 2.82. The summed E-state index contributed by atoms with van der Waals surface area (Å²) in [6.07, 6.45) is 0. The molecule has 0 aromatic heterocycles. The lowest BCUT2D eigenvalue weighted by Crippen LogP contribution is -1.85. The monoisotopic (exact) mass is 172 g/mol. The van der Waals surface area contributed by atoms with Crippen molar-refractivity contribution in [1.29, 1.82) is 0 Å². The molecule has 0 spiro atoms. The summed E-state index contributed by atoms with van der Waals surface area (Å²) in [7, 11) is 0. The Hall–Kier alpha value is -1.90. The third kappa shape index (κ3) is 1.24. The van der Waals surface area contributed by atoms with E-state index in [0.717, 1.165) is 10.8 Å². The molecule has 0 aliphatic carbocycles. The second kappa shape index (κ2) is 2.86. The van der Waals surface area contributed by atoms with Crippen molar-refractivity contribution in [3.8, 4) is 0 Å². The maximum absolute atomic E-state index is 10.3. The molecule has 3 heteroatoms. The highest BCUT2D eigenvalue weighted by Gasteiger charge is 2.00. The van der Waals surface area contributed by atoms with E-state index < -0.39 is 0 Å². The van der Waals surface area contributed by atoms with Crippen LogP contribution in [-0.4, -0.2) is 0 Å². The molecule has 0 radical (unpaired) electrons. The Morgan fingerprint density at radius 1 is 1.08 bits per heavy atom. The van der Waals surface area contributed by atoms with Crippen LogP contribution in [0, 0.1) is 4.91 Å². The number of benzene rings is 2. The van der Waals surface area contributed by atoms with Crippen LogP contribution in [0.15, 0.2) is 41.6 Å². The highest BCUT2D eigenvalue weighted by Crippen LogP contribution is 2.27. The van der Waals surface area contributed by atoms with Gasteiger partial charge in [-0.25, -0.2) is 0 Å². The SMILES string of the molecule is Nc1cc2ccccc2cc1N=O. The molecule has 13 heavy (non-hydrogen) atoms. The zero-order valence-corrected chi connectivity index (χ0v) is 6.90. The van der Waals surface area contributed by atoms with Crippen molar-refractivity contribution in [1.82, 2.24) is 0 Å². The van der Waals surface area contributed by atoms with Gasteiger partial charge in [0.25, 0.3) is 0 Å². The van der Waals surface area contributed by atoms with Gasteiger partial charge < -0.3 is 5.73 Å². The number of rotatable bonds is 1. The zero-order chi connectivity index (χ0) is 9.26. The van der Waals surface area contributed by atoms with Gasteiger partial charge in [-0.3, -0.25) is 0 Å². The molecule has 0 fully saturated rings. The predicted molar refractivity (Wildman–Crippen MR) is 53.8 cm³/mol. The van der Waals surface area contributed by atoms with E-state index in [9.17, 15) is 4.91 Å². The summed E-state index contributed by atoms with van der Waals surface area (Å²) in [4.78, 5) is 10.3.